The van der Waals surface area contributed by atoms with Gasteiger partial charge in [0.15, 0.2) is 0 Å². The van der Waals surface area contributed by atoms with Gasteiger partial charge in [0.1, 0.15) is 0 Å². The van der Waals surface area contributed by atoms with E-state index in [2.05, 4.69) is 5.32 Å². The van der Waals surface area contributed by atoms with Crippen LogP contribution in [0.25, 0.3) is 0 Å². The summed E-state index contributed by atoms with van der Waals surface area (Å²) in [7, 11) is 0. The number of aliphatic carboxylic acids is 1. The molecule has 0 saturated heterocycles. The minimum Gasteiger partial charge on any atom is -0.481 e. The first-order chi connectivity index (χ1) is 6.09. The van der Waals surface area contributed by atoms with Crippen molar-refractivity contribution in [3.63, 3.8) is 0 Å². The lowest BCUT2D eigenvalue weighted by Gasteiger charge is -2.26. The summed E-state index contributed by atoms with van der Waals surface area (Å²) in [5.41, 5.74) is 0. The highest BCUT2D eigenvalue weighted by Gasteiger charge is 2.26. The van der Waals surface area contributed by atoms with Gasteiger partial charge in [-0.3, -0.25) is 9.59 Å². The van der Waals surface area contributed by atoms with E-state index in [1.165, 1.54) is 6.92 Å². The Hall–Kier alpha value is -1.06. The monoisotopic (exact) mass is 185 g/mol. The van der Waals surface area contributed by atoms with Gasteiger partial charge in [0.05, 0.1) is 5.92 Å². The molecule has 0 aliphatic heterocycles. The maximum atomic E-state index is 10.7. The Bertz CT molecular complexity index is 215. The molecule has 0 radical (unpaired) electrons. The largest absolute Gasteiger partial charge is 0.481 e. The van der Waals surface area contributed by atoms with E-state index in [1.54, 1.807) is 0 Å². The van der Waals surface area contributed by atoms with E-state index in [-0.39, 0.29) is 17.9 Å². The molecule has 1 aliphatic rings. The summed E-state index contributed by atoms with van der Waals surface area (Å²) in [4.78, 5) is 21.4. The van der Waals surface area contributed by atoms with Crippen LogP contribution in [-0.2, 0) is 9.59 Å². The van der Waals surface area contributed by atoms with Crippen LogP contribution in [-0.4, -0.2) is 23.0 Å². The van der Waals surface area contributed by atoms with Crippen LogP contribution < -0.4 is 5.32 Å². The van der Waals surface area contributed by atoms with Gasteiger partial charge in [-0.25, -0.2) is 0 Å². The van der Waals surface area contributed by atoms with Crippen LogP contribution in [0.15, 0.2) is 0 Å². The Morgan fingerprint density at radius 2 is 2.08 bits per heavy atom. The Morgan fingerprint density at radius 1 is 1.38 bits per heavy atom. The first kappa shape index (κ1) is 10.0. The quantitative estimate of drug-likeness (QED) is 0.667. The number of rotatable bonds is 2. The second-order valence-corrected chi connectivity index (χ2v) is 3.60. The van der Waals surface area contributed by atoms with Crippen LogP contribution >= 0.6 is 0 Å². The van der Waals surface area contributed by atoms with Gasteiger partial charge in [0.25, 0.3) is 0 Å². The number of hydrogen-bond donors (Lipinski definition) is 2. The Balaban J connectivity index is 2.41. The summed E-state index contributed by atoms with van der Waals surface area (Å²) in [6.45, 7) is 1.46. The maximum Gasteiger partial charge on any atom is 0.306 e. The van der Waals surface area contributed by atoms with Crippen molar-refractivity contribution in [2.75, 3.05) is 0 Å². The minimum atomic E-state index is -0.741. The molecule has 13 heavy (non-hydrogen) atoms. The molecule has 0 bridgehead atoms. The van der Waals surface area contributed by atoms with Crippen molar-refractivity contribution in [2.24, 2.45) is 5.92 Å². The van der Waals surface area contributed by atoms with Crippen molar-refractivity contribution in [3.05, 3.63) is 0 Å². The zero-order chi connectivity index (χ0) is 9.84. The normalized spacial score (nSPS) is 28.1. The third kappa shape index (κ3) is 3.05. The predicted octanol–water partition coefficient (Wildman–Crippen LogP) is 0.766. The zero-order valence-electron chi connectivity index (χ0n) is 7.75. The van der Waals surface area contributed by atoms with Crippen molar-refractivity contribution in [3.8, 4) is 0 Å². The first-order valence-electron chi connectivity index (χ1n) is 4.59. The fourth-order valence-corrected chi connectivity index (χ4v) is 1.83. The van der Waals surface area contributed by atoms with Gasteiger partial charge in [-0.05, 0) is 19.3 Å². The van der Waals surface area contributed by atoms with E-state index in [0.29, 0.717) is 6.42 Å². The number of hydrogen-bond acceptors (Lipinski definition) is 2. The molecule has 0 aromatic heterocycles. The molecule has 4 nitrogen and oxygen atoms in total. The standard InChI is InChI=1S/C9H15NO3/c1-6(11)10-8-4-2-3-7(5-8)9(12)13/h7-8H,2-5H2,1H3,(H,10,11)(H,12,13). The minimum absolute atomic E-state index is 0.0624. The van der Waals surface area contributed by atoms with Crippen LogP contribution in [0.5, 0.6) is 0 Å². The van der Waals surface area contributed by atoms with Crippen LogP contribution in [0, 0.1) is 5.92 Å². The van der Waals surface area contributed by atoms with E-state index in [4.69, 9.17) is 5.11 Å². The second kappa shape index (κ2) is 4.25. The van der Waals surface area contributed by atoms with Gasteiger partial charge >= 0.3 is 5.97 Å². The number of carboxylic acids is 1. The smallest absolute Gasteiger partial charge is 0.306 e. The molecule has 74 valence electrons. The lowest BCUT2D eigenvalue weighted by Crippen LogP contribution is -2.38. The summed E-state index contributed by atoms with van der Waals surface area (Å²) in [5, 5.41) is 11.5. The van der Waals surface area contributed by atoms with E-state index >= 15 is 0 Å². The third-order valence-electron chi connectivity index (χ3n) is 2.43. The number of carbonyl (C=O) groups is 2. The SMILES string of the molecule is CC(=O)NC1CCCC(C(=O)O)C1. The molecule has 0 heterocycles. The van der Waals surface area contributed by atoms with Gasteiger partial charge in [-0.1, -0.05) is 6.42 Å². The molecule has 0 aromatic rings. The van der Waals surface area contributed by atoms with Gasteiger partial charge in [0.2, 0.25) is 5.91 Å². The highest BCUT2D eigenvalue weighted by molar-refractivity contribution is 5.73. The molecule has 1 amide bonds. The lowest BCUT2D eigenvalue weighted by atomic mass is 9.86. The van der Waals surface area contributed by atoms with Crippen LogP contribution in [0.3, 0.4) is 0 Å². The molecule has 0 aromatic carbocycles. The lowest BCUT2D eigenvalue weighted by molar-refractivity contribution is -0.143. The molecule has 1 fully saturated rings. The van der Waals surface area contributed by atoms with Gasteiger partial charge in [-0.2, -0.15) is 0 Å². The zero-order valence-corrected chi connectivity index (χ0v) is 7.75. The molecule has 0 spiro atoms. The number of carboxylic acid groups (broad SMARTS) is 1. The van der Waals surface area contributed by atoms with Crippen molar-refractivity contribution in [1.82, 2.24) is 5.32 Å². The van der Waals surface area contributed by atoms with Crippen LogP contribution in [0.2, 0.25) is 0 Å². The van der Waals surface area contributed by atoms with Crippen molar-refractivity contribution < 1.29 is 14.7 Å². The van der Waals surface area contributed by atoms with Gasteiger partial charge in [-0.15, -0.1) is 0 Å². The summed E-state index contributed by atoms with van der Waals surface area (Å²) in [6, 6.07) is 0.0624. The average molecular weight is 185 g/mol. The number of carbonyl (C=O) groups excluding carboxylic acids is 1. The molecule has 4 heteroatoms. The van der Waals surface area contributed by atoms with Gasteiger partial charge < -0.3 is 10.4 Å². The van der Waals surface area contributed by atoms with Crippen LogP contribution in [0.4, 0.5) is 0 Å². The fourth-order valence-electron chi connectivity index (χ4n) is 1.83. The average Bonchev–Trinajstić information content (AvgIpc) is 2.03. The van der Waals surface area contributed by atoms with Crippen molar-refractivity contribution in [2.45, 2.75) is 38.6 Å². The molecular formula is C9H15NO3. The van der Waals surface area contributed by atoms with E-state index in [9.17, 15) is 9.59 Å². The third-order valence-corrected chi connectivity index (χ3v) is 2.43. The molecule has 1 rings (SSSR count). The first-order valence-corrected chi connectivity index (χ1v) is 4.59. The molecule has 2 atom stereocenters. The van der Waals surface area contributed by atoms with Crippen LogP contribution in [0.1, 0.15) is 32.6 Å². The molecule has 1 aliphatic carbocycles. The Morgan fingerprint density at radius 3 is 2.62 bits per heavy atom. The Labute approximate surface area is 77.3 Å². The predicted molar refractivity (Wildman–Crippen MR) is 47.2 cm³/mol. The van der Waals surface area contributed by atoms with E-state index < -0.39 is 5.97 Å². The highest BCUT2D eigenvalue weighted by Crippen LogP contribution is 2.24. The number of nitrogens with one attached hydrogen (secondary N) is 1. The summed E-state index contributed by atoms with van der Waals surface area (Å²) in [6.07, 6.45) is 3.12. The summed E-state index contributed by atoms with van der Waals surface area (Å²) < 4.78 is 0. The fraction of sp³-hybridized carbons (Fsp3) is 0.778. The topological polar surface area (TPSA) is 66.4 Å². The molecular weight excluding hydrogens is 170 g/mol. The van der Waals surface area contributed by atoms with E-state index in [1.807, 2.05) is 0 Å². The van der Waals surface area contributed by atoms with Crippen molar-refractivity contribution >= 4 is 11.9 Å². The van der Waals surface area contributed by atoms with Gasteiger partial charge in [0, 0.05) is 13.0 Å². The second-order valence-electron chi connectivity index (χ2n) is 3.60. The number of amides is 1. The highest BCUT2D eigenvalue weighted by atomic mass is 16.4. The molecule has 1 saturated carbocycles. The molecule has 2 N–H and O–H groups in total. The maximum absolute atomic E-state index is 10.7. The Kier molecular flexibility index (Phi) is 3.28. The van der Waals surface area contributed by atoms with Crippen molar-refractivity contribution in [1.29, 1.82) is 0 Å². The molecule has 2 unspecified atom stereocenters. The summed E-state index contributed by atoms with van der Waals surface area (Å²) in [5.74, 6) is -1.09. The van der Waals surface area contributed by atoms with E-state index in [0.717, 1.165) is 19.3 Å². The summed E-state index contributed by atoms with van der Waals surface area (Å²) >= 11 is 0.